The van der Waals surface area contributed by atoms with Crippen LogP contribution >= 0.6 is 0 Å². The fourth-order valence-electron chi connectivity index (χ4n) is 2.41. The first-order valence-electron chi connectivity index (χ1n) is 6.11. The largest absolute Gasteiger partial charge is 0.381 e. The molecule has 1 saturated heterocycles. The van der Waals surface area contributed by atoms with E-state index in [4.69, 9.17) is 4.74 Å². The molecule has 1 aromatic heterocycles. The topological polar surface area (TPSA) is 27.1 Å². The van der Waals surface area contributed by atoms with Crippen molar-refractivity contribution in [3.05, 3.63) is 30.1 Å². The van der Waals surface area contributed by atoms with Gasteiger partial charge in [0.05, 0.1) is 17.4 Å². The number of rotatable bonds is 2. The van der Waals surface area contributed by atoms with Gasteiger partial charge < -0.3 is 9.30 Å². The molecule has 5 heteroatoms. The van der Waals surface area contributed by atoms with E-state index in [0.717, 1.165) is 38.7 Å². The first-order chi connectivity index (χ1) is 8.74. The molecule has 1 fully saturated rings. The van der Waals surface area contributed by atoms with Crippen molar-refractivity contribution in [3.8, 4) is 0 Å². The molecule has 96 valence electrons. The first-order valence-corrected chi connectivity index (χ1v) is 6.11. The second-order valence-electron chi connectivity index (χ2n) is 4.71. The summed E-state index contributed by atoms with van der Waals surface area (Å²) in [5.41, 5.74) is 1.15. The van der Waals surface area contributed by atoms with E-state index in [1.54, 1.807) is 6.33 Å². The van der Waals surface area contributed by atoms with Crippen LogP contribution in [0.4, 0.5) is 8.78 Å². The highest BCUT2D eigenvalue weighted by atomic mass is 19.2. The highest BCUT2D eigenvalue weighted by Gasteiger charge is 2.16. The van der Waals surface area contributed by atoms with Crippen LogP contribution in [-0.4, -0.2) is 22.8 Å². The third-order valence-corrected chi connectivity index (χ3v) is 3.46. The lowest BCUT2D eigenvalue weighted by Gasteiger charge is -2.22. The van der Waals surface area contributed by atoms with Crippen LogP contribution in [0.5, 0.6) is 0 Å². The van der Waals surface area contributed by atoms with Crippen molar-refractivity contribution in [2.24, 2.45) is 5.92 Å². The van der Waals surface area contributed by atoms with E-state index >= 15 is 0 Å². The van der Waals surface area contributed by atoms with Gasteiger partial charge in [0.15, 0.2) is 11.6 Å². The molecule has 2 heterocycles. The second kappa shape index (κ2) is 4.65. The molecule has 0 saturated carbocycles. The zero-order valence-corrected chi connectivity index (χ0v) is 9.90. The molecule has 2 aromatic rings. The van der Waals surface area contributed by atoms with Crippen LogP contribution in [0, 0.1) is 17.6 Å². The Labute approximate surface area is 103 Å². The van der Waals surface area contributed by atoms with E-state index in [1.807, 2.05) is 4.57 Å². The minimum atomic E-state index is -0.848. The second-order valence-corrected chi connectivity index (χ2v) is 4.71. The van der Waals surface area contributed by atoms with Crippen molar-refractivity contribution in [1.29, 1.82) is 0 Å². The molecule has 0 radical (unpaired) electrons. The Morgan fingerprint density at radius 1 is 1.22 bits per heavy atom. The summed E-state index contributed by atoms with van der Waals surface area (Å²) in [6, 6.07) is 2.36. The van der Waals surface area contributed by atoms with Crippen LogP contribution < -0.4 is 0 Å². The molecule has 18 heavy (non-hydrogen) atoms. The maximum Gasteiger partial charge on any atom is 0.161 e. The lowest BCUT2D eigenvalue weighted by atomic mass is 10.0. The lowest BCUT2D eigenvalue weighted by Crippen LogP contribution is -2.20. The molecule has 1 aliphatic rings. The minimum absolute atomic E-state index is 0.501. The Bertz CT molecular complexity index is 561. The van der Waals surface area contributed by atoms with Crippen LogP contribution in [-0.2, 0) is 11.3 Å². The van der Waals surface area contributed by atoms with Gasteiger partial charge in [0.1, 0.15) is 0 Å². The normalized spacial score (nSPS) is 17.4. The Morgan fingerprint density at radius 3 is 2.72 bits per heavy atom. The van der Waals surface area contributed by atoms with E-state index in [2.05, 4.69) is 4.98 Å². The lowest BCUT2D eigenvalue weighted by molar-refractivity contribution is 0.0616. The number of benzene rings is 1. The summed E-state index contributed by atoms with van der Waals surface area (Å²) in [6.07, 6.45) is 3.66. The molecule has 0 atom stereocenters. The maximum atomic E-state index is 13.2. The summed E-state index contributed by atoms with van der Waals surface area (Å²) in [5.74, 6) is -1.15. The molecule has 0 amide bonds. The Balaban J connectivity index is 1.89. The average Bonchev–Trinajstić information content (AvgIpc) is 2.74. The summed E-state index contributed by atoms with van der Waals surface area (Å²) in [4.78, 5) is 4.11. The molecular weight excluding hydrogens is 238 g/mol. The molecule has 0 N–H and O–H groups in total. The van der Waals surface area contributed by atoms with Gasteiger partial charge in [0.2, 0.25) is 0 Å². The van der Waals surface area contributed by atoms with Crippen LogP contribution in [0.3, 0.4) is 0 Å². The van der Waals surface area contributed by atoms with E-state index in [1.165, 1.54) is 6.07 Å². The van der Waals surface area contributed by atoms with Gasteiger partial charge in [-0.25, -0.2) is 13.8 Å². The van der Waals surface area contributed by atoms with Gasteiger partial charge in [-0.15, -0.1) is 0 Å². The van der Waals surface area contributed by atoms with Gasteiger partial charge in [-0.3, -0.25) is 0 Å². The molecule has 1 aromatic carbocycles. The van der Waals surface area contributed by atoms with Crippen molar-refractivity contribution in [3.63, 3.8) is 0 Å². The predicted molar refractivity (Wildman–Crippen MR) is 63.2 cm³/mol. The number of hydrogen-bond donors (Lipinski definition) is 0. The molecule has 1 aliphatic heterocycles. The van der Waals surface area contributed by atoms with Gasteiger partial charge in [-0.05, 0) is 18.8 Å². The van der Waals surface area contributed by atoms with Crippen molar-refractivity contribution in [2.75, 3.05) is 13.2 Å². The number of halogens is 2. The van der Waals surface area contributed by atoms with E-state index in [9.17, 15) is 8.78 Å². The highest BCUT2D eigenvalue weighted by molar-refractivity contribution is 5.75. The Morgan fingerprint density at radius 2 is 1.94 bits per heavy atom. The zero-order valence-electron chi connectivity index (χ0n) is 9.90. The Hall–Kier alpha value is -1.49. The predicted octanol–water partition coefficient (Wildman–Crippen LogP) is 2.74. The third kappa shape index (κ3) is 2.10. The van der Waals surface area contributed by atoms with E-state index in [-0.39, 0.29) is 0 Å². The molecule has 0 unspecified atom stereocenters. The zero-order chi connectivity index (χ0) is 12.5. The highest BCUT2D eigenvalue weighted by Crippen LogP contribution is 2.22. The van der Waals surface area contributed by atoms with E-state index in [0.29, 0.717) is 17.0 Å². The van der Waals surface area contributed by atoms with E-state index < -0.39 is 11.6 Å². The number of fused-ring (bicyclic) bond motifs is 1. The van der Waals surface area contributed by atoms with Crippen LogP contribution in [0.25, 0.3) is 11.0 Å². The molecule has 0 bridgehead atoms. The number of hydrogen-bond acceptors (Lipinski definition) is 2. The van der Waals surface area contributed by atoms with Crippen molar-refractivity contribution >= 4 is 11.0 Å². The number of nitrogens with zero attached hydrogens (tertiary/aromatic N) is 2. The third-order valence-electron chi connectivity index (χ3n) is 3.46. The SMILES string of the molecule is Fc1cc2ncn(CC3CCOCC3)c2cc1F. The van der Waals surface area contributed by atoms with Gasteiger partial charge in [-0.2, -0.15) is 0 Å². The van der Waals surface area contributed by atoms with Crippen molar-refractivity contribution < 1.29 is 13.5 Å². The summed E-state index contributed by atoms with van der Waals surface area (Å²) in [5, 5.41) is 0. The molecule has 0 aliphatic carbocycles. The van der Waals surface area contributed by atoms with Gasteiger partial charge in [0, 0.05) is 31.9 Å². The monoisotopic (exact) mass is 252 g/mol. The summed E-state index contributed by atoms with van der Waals surface area (Å²) >= 11 is 0. The number of ether oxygens (including phenoxy) is 1. The fourth-order valence-corrected chi connectivity index (χ4v) is 2.41. The van der Waals surface area contributed by atoms with Crippen molar-refractivity contribution in [2.45, 2.75) is 19.4 Å². The van der Waals surface area contributed by atoms with Gasteiger partial charge in [-0.1, -0.05) is 0 Å². The number of aromatic nitrogens is 2. The summed E-state index contributed by atoms with van der Waals surface area (Å²) < 4.78 is 33.5. The minimum Gasteiger partial charge on any atom is -0.381 e. The average molecular weight is 252 g/mol. The van der Waals surface area contributed by atoms with Crippen molar-refractivity contribution in [1.82, 2.24) is 9.55 Å². The molecular formula is C13H14F2N2O. The quantitative estimate of drug-likeness (QED) is 0.821. The first kappa shape index (κ1) is 11.6. The van der Waals surface area contributed by atoms with Gasteiger partial charge in [0.25, 0.3) is 0 Å². The standard InChI is InChI=1S/C13H14F2N2O/c14-10-5-12-13(6-11(10)15)17(8-16-12)7-9-1-3-18-4-2-9/h5-6,8-9H,1-4,7H2. The number of imidazole rings is 1. The summed E-state index contributed by atoms with van der Waals surface area (Å²) in [6.45, 7) is 2.34. The van der Waals surface area contributed by atoms with Crippen LogP contribution in [0.1, 0.15) is 12.8 Å². The Kier molecular flexibility index (Phi) is 2.99. The van der Waals surface area contributed by atoms with Crippen LogP contribution in [0.15, 0.2) is 18.5 Å². The fraction of sp³-hybridized carbons (Fsp3) is 0.462. The summed E-state index contributed by atoms with van der Waals surface area (Å²) in [7, 11) is 0. The molecule has 3 rings (SSSR count). The van der Waals surface area contributed by atoms with Gasteiger partial charge >= 0.3 is 0 Å². The molecule has 0 spiro atoms. The smallest absolute Gasteiger partial charge is 0.161 e. The molecule has 3 nitrogen and oxygen atoms in total. The van der Waals surface area contributed by atoms with Crippen LogP contribution in [0.2, 0.25) is 0 Å². The maximum absolute atomic E-state index is 13.2.